The number of H-pyrrole nitrogens is 1. The Labute approximate surface area is 130 Å². The van der Waals surface area contributed by atoms with Crippen LogP contribution in [0, 0.1) is 13.8 Å². The molecule has 0 unspecified atom stereocenters. The molecule has 1 N–H and O–H groups in total. The molecule has 0 atom stereocenters. The molecule has 0 radical (unpaired) electrons. The molecular weight excluding hydrogens is 306 g/mol. The van der Waals surface area contributed by atoms with Crippen LogP contribution in [-0.4, -0.2) is 28.0 Å². The number of rotatable bonds is 1. The fraction of sp³-hybridized carbons (Fsp3) is 0.200. The van der Waals surface area contributed by atoms with Crippen LogP contribution in [0.5, 0.6) is 0 Å². The normalized spacial score (nSPS) is 11.1. The molecule has 0 aliphatic heterocycles. The second-order valence-corrected chi connectivity index (χ2v) is 5.34. The second-order valence-electron chi connectivity index (χ2n) is 4.90. The van der Waals surface area contributed by atoms with Crippen molar-refractivity contribution in [2.75, 3.05) is 7.11 Å². The van der Waals surface area contributed by atoms with Crippen LogP contribution < -0.4 is 5.56 Å². The zero-order valence-corrected chi connectivity index (χ0v) is 12.9. The third-order valence-electron chi connectivity index (χ3n) is 3.53. The fourth-order valence-electron chi connectivity index (χ4n) is 2.65. The maximum absolute atomic E-state index is 12.4. The van der Waals surface area contributed by atoms with Crippen LogP contribution >= 0.6 is 11.6 Å². The van der Waals surface area contributed by atoms with Crippen molar-refractivity contribution in [3.63, 3.8) is 0 Å². The van der Waals surface area contributed by atoms with Gasteiger partial charge in [0, 0.05) is 17.0 Å². The summed E-state index contributed by atoms with van der Waals surface area (Å²) >= 11 is 6.02. The Bertz CT molecular complexity index is 995. The maximum Gasteiger partial charge on any atom is 0.340 e. The summed E-state index contributed by atoms with van der Waals surface area (Å²) in [5, 5.41) is 1.79. The van der Waals surface area contributed by atoms with Gasteiger partial charge in [0.25, 0.3) is 5.56 Å². The summed E-state index contributed by atoms with van der Waals surface area (Å²) < 4.78 is 4.84. The van der Waals surface area contributed by atoms with Gasteiger partial charge in [-0.05, 0) is 19.9 Å². The van der Waals surface area contributed by atoms with Crippen LogP contribution in [0.1, 0.15) is 21.7 Å². The van der Waals surface area contributed by atoms with Crippen molar-refractivity contribution in [3.8, 4) is 0 Å². The van der Waals surface area contributed by atoms with E-state index in [1.54, 1.807) is 19.9 Å². The summed E-state index contributed by atoms with van der Waals surface area (Å²) in [5.41, 5.74) is 1.28. The topological polar surface area (TPSA) is 84.9 Å². The Morgan fingerprint density at radius 1 is 1.27 bits per heavy atom. The van der Waals surface area contributed by atoms with E-state index in [4.69, 9.17) is 16.3 Å². The Balaban J connectivity index is 2.70. The number of aryl methyl sites for hydroxylation is 2. The molecule has 7 heteroatoms. The molecule has 22 heavy (non-hydrogen) atoms. The maximum atomic E-state index is 12.4. The summed E-state index contributed by atoms with van der Waals surface area (Å²) in [6.07, 6.45) is 1.43. The molecular formula is C15H12ClN3O3. The largest absolute Gasteiger partial charge is 0.465 e. The highest BCUT2D eigenvalue weighted by Gasteiger charge is 2.21. The van der Waals surface area contributed by atoms with E-state index < -0.39 is 5.97 Å². The first-order valence-corrected chi connectivity index (χ1v) is 6.88. The molecule has 0 amide bonds. The van der Waals surface area contributed by atoms with E-state index in [1.807, 2.05) is 0 Å². The molecule has 0 fully saturated rings. The average Bonchev–Trinajstić information content (AvgIpc) is 2.47. The highest BCUT2D eigenvalue weighted by atomic mass is 35.5. The highest BCUT2D eigenvalue weighted by Crippen LogP contribution is 2.29. The minimum Gasteiger partial charge on any atom is -0.465 e. The monoisotopic (exact) mass is 317 g/mol. The molecule has 0 aromatic carbocycles. The minimum atomic E-state index is -0.554. The van der Waals surface area contributed by atoms with Gasteiger partial charge < -0.3 is 9.72 Å². The SMILES string of the molecule is COC(=O)c1c(C)nc(C)c2c(=O)[nH]c3ncc(Cl)cc3c12. The van der Waals surface area contributed by atoms with Crippen molar-refractivity contribution >= 4 is 39.4 Å². The zero-order chi connectivity index (χ0) is 16.0. The lowest BCUT2D eigenvalue weighted by molar-refractivity contribution is 0.0602. The van der Waals surface area contributed by atoms with Crippen molar-refractivity contribution in [1.29, 1.82) is 0 Å². The summed E-state index contributed by atoms with van der Waals surface area (Å²) in [6.45, 7) is 3.42. The molecule has 0 bridgehead atoms. The molecule has 0 aliphatic carbocycles. The Morgan fingerprint density at radius 3 is 2.68 bits per heavy atom. The second kappa shape index (κ2) is 5.06. The van der Waals surface area contributed by atoms with E-state index in [0.717, 1.165) is 0 Å². The van der Waals surface area contributed by atoms with Gasteiger partial charge in [-0.2, -0.15) is 0 Å². The lowest BCUT2D eigenvalue weighted by Crippen LogP contribution is -2.15. The van der Waals surface area contributed by atoms with Gasteiger partial charge in [0.1, 0.15) is 5.65 Å². The summed E-state index contributed by atoms with van der Waals surface area (Å²) in [7, 11) is 1.29. The third kappa shape index (κ3) is 2.03. The predicted octanol–water partition coefficient (Wildman–Crippen LogP) is 2.53. The van der Waals surface area contributed by atoms with Crippen LogP contribution in [-0.2, 0) is 4.74 Å². The van der Waals surface area contributed by atoms with E-state index in [0.29, 0.717) is 38.2 Å². The lowest BCUT2D eigenvalue weighted by Gasteiger charge is -2.12. The number of aromatic nitrogens is 3. The smallest absolute Gasteiger partial charge is 0.340 e. The third-order valence-corrected chi connectivity index (χ3v) is 3.74. The predicted molar refractivity (Wildman–Crippen MR) is 83.5 cm³/mol. The van der Waals surface area contributed by atoms with Crippen LogP contribution in [0.25, 0.3) is 21.8 Å². The summed E-state index contributed by atoms with van der Waals surface area (Å²) in [5.74, 6) is -0.554. The molecule has 3 aromatic rings. The first kappa shape index (κ1) is 14.5. The van der Waals surface area contributed by atoms with E-state index in [1.165, 1.54) is 13.3 Å². The molecule has 0 saturated carbocycles. The van der Waals surface area contributed by atoms with Crippen LogP contribution in [0.4, 0.5) is 0 Å². The number of halogens is 1. The van der Waals surface area contributed by atoms with Gasteiger partial charge in [0.2, 0.25) is 0 Å². The number of esters is 1. The fourth-order valence-corrected chi connectivity index (χ4v) is 2.81. The number of hydrogen-bond donors (Lipinski definition) is 1. The van der Waals surface area contributed by atoms with E-state index in [2.05, 4.69) is 15.0 Å². The Morgan fingerprint density at radius 2 is 2.00 bits per heavy atom. The molecule has 112 valence electrons. The molecule has 0 aliphatic rings. The Hall–Kier alpha value is -2.47. The van der Waals surface area contributed by atoms with Gasteiger partial charge in [0.05, 0.1) is 34.5 Å². The number of carbonyl (C=O) groups is 1. The lowest BCUT2D eigenvalue weighted by atomic mass is 10.0. The van der Waals surface area contributed by atoms with Gasteiger partial charge in [-0.1, -0.05) is 11.6 Å². The summed E-state index contributed by atoms with van der Waals surface area (Å²) in [4.78, 5) is 35.6. The van der Waals surface area contributed by atoms with Gasteiger partial charge in [-0.25, -0.2) is 9.78 Å². The number of carbonyl (C=O) groups excluding carboxylic acids is 1. The van der Waals surface area contributed by atoms with E-state index in [-0.39, 0.29) is 11.1 Å². The molecule has 3 rings (SSSR count). The molecule has 3 aromatic heterocycles. The first-order valence-electron chi connectivity index (χ1n) is 6.50. The van der Waals surface area contributed by atoms with Crippen LogP contribution in [0.2, 0.25) is 5.02 Å². The molecule has 0 saturated heterocycles. The van der Waals surface area contributed by atoms with Crippen LogP contribution in [0.3, 0.4) is 0 Å². The van der Waals surface area contributed by atoms with E-state index >= 15 is 0 Å². The number of hydrogen-bond acceptors (Lipinski definition) is 5. The summed E-state index contributed by atoms with van der Waals surface area (Å²) in [6, 6.07) is 1.66. The van der Waals surface area contributed by atoms with Crippen molar-refractivity contribution in [2.45, 2.75) is 13.8 Å². The standard InChI is InChI=1S/C15H12ClN3O3/c1-6-10-12(11(7(2)18-6)15(21)22-3)9-4-8(16)5-17-13(9)19-14(10)20/h4-5H,1-3H3,(H,17,19,20). The number of fused-ring (bicyclic) bond motifs is 3. The van der Waals surface area contributed by atoms with E-state index in [9.17, 15) is 9.59 Å². The molecule has 0 spiro atoms. The number of ether oxygens (including phenoxy) is 1. The minimum absolute atomic E-state index is 0.253. The zero-order valence-electron chi connectivity index (χ0n) is 12.2. The van der Waals surface area contributed by atoms with Crippen molar-refractivity contribution in [3.05, 3.63) is 44.6 Å². The van der Waals surface area contributed by atoms with Crippen LogP contribution in [0.15, 0.2) is 17.1 Å². The van der Waals surface area contributed by atoms with Gasteiger partial charge in [0.15, 0.2) is 0 Å². The van der Waals surface area contributed by atoms with Crippen molar-refractivity contribution in [1.82, 2.24) is 15.0 Å². The number of pyridine rings is 3. The van der Waals surface area contributed by atoms with Crippen molar-refractivity contribution in [2.24, 2.45) is 0 Å². The Kier molecular flexibility index (Phi) is 3.33. The molecule has 3 heterocycles. The number of methoxy groups -OCH3 is 1. The van der Waals surface area contributed by atoms with Gasteiger partial charge >= 0.3 is 5.97 Å². The average molecular weight is 318 g/mol. The number of aromatic amines is 1. The number of nitrogens with zero attached hydrogens (tertiary/aromatic N) is 2. The number of nitrogens with one attached hydrogen (secondary N) is 1. The highest BCUT2D eigenvalue weighted by molar-refractivity contribution is 6.31. The van der Waals surface area contributed by atoms with Gasteiger partial charge in [-0.15, -0.1) is 0 Å². The van der Waals surface area contributed by atoms with Crippen molar-refractivity contribution < 1.29 is 9.53 Å². The molecule has 6 nitrogen and oxygen atoms in total. The van der Waals surface area contributed by atoms with Gasteiger partial charge in [-0.3, -0.25) is 9.78 Å². The quantitative estimate of drug-likeness (QED) is 0.550. The first-order chi connectivity index (χ1) is 10.4.